The molecule has 0 saturated heterocycles. The molecule has 0 fully saturated rings. The molecule has 1 amide bonds. The molecule has 7 heteroatoms. The lowest BCUT2D eigenvalue weighted by Crippen LogP contribution is -2.11. The number of carbonyl (C=O) groups is 1. The van der Waals surface area contributed by atoms with Gasteiger partial charge < -0.3 is 0 Å². The molecule has 1 N–H and O–H groups in total. The molecule has 0 atom stereocenters. The molecule has 3 aromatic rings. The number of hydrogen-bond donors (Lipinski definition) is 1. The molecular formula is C16H9Cl3N2OS. The Labute approximate surface area is 151 Å². The monoisotopic (exact) mass is 382 g/mol. The summed E-state index contributed by atoms with van der Waals surface area (Å²) in [5.41, 5.74) is 2.03. The average molecular weight is 384 g/mol. The van der Waals surface area contributed by atoms with Gasteiger partial charge in [0.25, 0.3) is 5.91 Å². The van der Waals surface area contributed by atoms with Crippen LogP contribution in [-0.4, -0.2) is 10.9 Å². The summed E-state index contributed by atoms with van der Waals surface area (Å²) in [6.07, 6.45) is 0. The van der Waals surface area contributed by atoms with Crippen molar-refractivity contribution in [2.75, 3.05) is 5.32 Å². The average Bonchev–Trinajstić information content (AvgIpc) is 2.98. The van der Waals surface area contributed by atoms with Crippen molar-refractivity contribution in [2.24, 2.45) is 0 Å². The molecule has 0 aliphatic carbocycles. The first-order valence-corrected chi connectivity index (χ1v) is 8.52. The van der Waals surface area contributed by atoms with Crippen molar-refractivity contribution in [1.82, 2.24) is 4.98 Å². The summed E-state index contributed by atoms with van der Waals surface area (Å²) in [5.74, 6) is -0.262. The lowest BCUT2D eigenvalue weighted by Gasteiger charge is -2.02. The first-order valence-electron chi connectivity index (χ1n) is 6.51. The van der Waals surface area contributed by atoms with Gasteiger partial charge in [-0.25, -0.2) is 4.98 Å². The van der Waals surface area contributed by atoms with Crippen LogP contribution < -0.4 is 5.32 Å². The molecule has 0 spiro atoms. The molecule has 0 unspecified atom stereocenters. The number of hydrogen-bond acceptors (Lipinski definition) is 3. The molecule has 1 aromatic heterocycles. The zero-order valence-electron chi connectivity index (χ0n) is 11.5. The number of aromatic nitrogens is 1. The summed E-state index contributed by atoms with van der Waals surface area (Å²) >= 11 is 19.1. The van der Waals surface area contributed by atoms with Crippen LogP contribution in [0.25, 0.3) is 11.3 Å². The molecule has 2 aromatic carbocycles. The third kappa shape index (κ3) is 3.85. The van der Waals surface area contributed by atoms with E-state index in [0.717, 1.165) is 11.3 Å². The van der Waals surface area contributed by atoms with Gasteiger partial charge in [-0.1, -0.05) is 46.9 Å². The summed E-state index contributed by atoms with van der Waals surface area (Å²) in [4.78, 5) is 16.6. The molecule has 1 heterocycles. The maximum atomic E-state index is 12.2. The van der Waals surface area contributed by atoms with Gasteiger partial charge >= 0.3 is 0 Å². The maximum absolute atomic E-state index is 12.2. The molecule has 0 aliphatic heterocycles. The highest BCUT2D eigenvalue weighted by molar-refractivity contribution is 7.14. The summed E-state index contributed by atoms with van der Waals surface area (Å²) in [7, 11) is 0. The van der Waals surface area contributed by atoms with E-state index in [-0.39, 0.29) is 5.91 Å². The van der Waals surface area contributed by atoms with Gasteiger partial charge in [-0.15, -0.1) is 11.3 Å². The van der Waals surface area contributed by atoms with Gasteiger partial charge in [-0.3, -0.25) is 10.1 Å². The third-order valence-corrected chi connectivity index (χ3v) is 4.76. The van der Waals surface area contributed by atoms with Crippen LogP contribution in [0, 0.1) is 0 Å². The lowest BCUT2D eigenvalue weighted by atomic mass is 10.2. The summed E-state index contributed by atoms with van der Waals surface area (Å²) < 4.78 is 0. The zero-order chi connectivity index (χ0) is 16.4. The normalized spacial score (nSPS) is 10.6. The minimum Gasteiger partial charge on any atom is -0.298 e. The number of benzene rings is 2. The van der Waals surface area contributed by atoms with Gasteiger partial charge in [0.05, 0.1) is 15.7 Å². The van der Waals surface area contributed by atoms with Crippen molar-refractivity contribution in [3.8, 4) is 11.3 Å². The van der Waals surface area contributed by atoms with Crippen molar-refractivity contribution in [2.45, 2.75) is 0 Å². The van der Waals surface area contributed by atoms with Crippen molar-refractivity contribution in [3.63, 3.8) is 0 Å². The van der Waals surface area contributed by atoms with Crippen LogP contribution in [-0.2, 0) is 0 Å². The van der Waals surface area contributed by atoms with Crippen LogP contribution in [0.5, 0.6) is 0 Å². The topological polar surface area (TPSA) is 42.0 Å². The second kappa shape index (κ2) is 6.89. The zero-order valence-corrected chi connectivity index (χ0v) is 14.6. The molecule has 116 valence electrons. The Bertz CT molecular complexity index is 879. The van der Waals surface area contributed by atoms with E-state index in [1.165, 1.54) is 11.3 Å². The van der Waals surface area contributed by atoms with Crippen LogP contribution in [0.1, 0.15) is 10.4 Å². The van der Waals surface area contributed by atoms with Crippen LogP contribution in [0.4, 0.5) is 5.13 Å². The van der Waals surface area contributed by atoms with Crippen molar-refractivity contribution in [1.29, 1.82) is 0 Å². The SMILES string of the molecule is O=C(Nc1nc(-c2ccc(Cl)c(Cl)c2)cs1)c1cccc(Cl)c1. The molecular weight excluding hydrogens is 375 g/mol. The van der Waals surface area contributed by atoms with E-state index in [0.29, 0.717) is 25.8 Å². The quantitative estimate of drug-likeness (QED) is 0.600. The number of nitrogens with zero attached hydrogens (tertiary/aromatic N) is 1. The summed E-state index contributed by atoms with van der Waals surface area (Å²) in [5, 5.41) is 6.54. The fourth-order valence-electron chi connectivity index (χ4n) is 1.92. The number of nitrogens with one attached hydrogen (secondary N) is 1. The summed E-state index contributed by atoms with van der Waals surface area (Å²) in [6.45, 7) is 0. The number of thiazole rings is 1. The molecule has 3 rings (SSSR count). The van der Waals surface area contributed by atoms with E-state index in [1.54, 1.807) is 36.4 Å². The Morgan fingerprint density at radius 2 is 1.87 bits per heavy atom. The molecule has 0 aliphatic rings. The van der Waals surface area contributed by atoms with E-state index < -0.39 is 0 Å². The number of amides is 1. The van der Waals surface area contributed by atoms with Crippen LogP contribution in [0.2, 0.25) is 15.1 Å². The first kappa shape index (κ1) is 16.3. The van der Waals surface area contributed by atoms with Crippen LogP contribution in [0.15, 0.2) is 47.8 Å². The predicted molar refractivity (Wildman–Crippen MR) is 97.0 cm³/mol. The number of carbonyl (C=O) groups excluding carboxylic acids is 1. The van der Waals surface area contributed by atoms with Gasteiger partial charge in [0.2, 0.25) is 0 Å². The lowest BCUT2D eigenvalue weighted by molar-refractivity contribution is 0.102. The van der Waals surface area contributed by atoms with Crippen molar-refractivity contribution in [3.05, 3.63) is 68.5 Å². The minimum absolute atomic E-state index is 0.262. The Morgan fingerprint density at radius 3 is 2.61 bits per heavy atom. The van der Waals surface area contributed by atoms with Crippen molar-refractivity contribution < 1.29 is 4.79 Å². The van der Waals surface area contributed by atoms with Gasteiger partial charge in [0.1, 0.15) is 0 Å². The van der Waals surface area contributed by atoms with Gasteiger partial charge in [-0.05, 0) is 30.3 Å². The Balaban J connectivity index is 1.79. The molecule has 3 nitrogen and oxygen atoms in total. The Kier molecular flexibility index (Phi) is 4.87. The van der Waals surface area contributed by atoms with Gasteiger partial charge in [0, 0.05) is 21.5 Å². The van der Waals surface area contributed by atoms with Crippen LogP contribution in [0.3, 0.4) is 0 Å². The number of halogens is 3. The first-order chi connectivity index (χ1) is 11.0. The van der Waals surface area contributed by atoms with E-state index in [9.17, 15) is 4.79 Å². The highest BCUT2D eigenvalue weighted by atomic mass is 35.5. The predicted octanol–water partition coefficient (Wildman–Crippen LogP) is 6.02. The smallest absolute Gasteiger partial charge is 0.257 e. The third-order valence-electron chi connectivity index (χ3n) is 3.03. The second-order valence-corrected chi connectivity index (χ2v) is 6.74. The maximum Gasteiger partial charge on any atom is 0.257 e. The van der Waals surface area contributed by atoms with Gasteiger partial charge in [0.15, 0.2) is 5.13 Å². The van der Waals surface area contributed by atoms with E-state index in [4.69, 9.17) is 34.8 Å². The fourth-order valence-corrected chi connectivity index (χ4v) is 3.12. The van der Waals surface area contributed by atoms with Gasteiger partial charge in [-0.2, -0.15) is 0 Å². The largest absolute Gasteiger partial charge is 0.298 e. The van der Waals surface area contributed by atoms with E-state index in [2.05, 4.69) is 10.3 Å². The highest BCUT2D eigenvalue weighted by Gasteiger charge is 2.11. The fraction of sp³-hybridized carbons (Fsp3) is 0. The molecule has 0 bridgehead atoms. The standard InChI is InChI=1S/C16H9Cl3N2OS/c17-11-3-1-2-10(6-11)15(22)21-16-20-14(8-23-16)9-4-5-12(18)13(19)7-9/h1-8H,(H,20,21,22). The number of anilines is 1. The van der Waals surface area contributed by atoms with E-state index >= 15 is 0 Å². The summed E-state index contributed by atoms with van der Waals surface area (Å²) in [6, 6.07) is 12.0. The second-order valence-electron chi connectivity index (χ2n) is 4.63. The molecule has 23 heavy (non-hydrogen) atoms. The van der Waals surface area contributed by atoms with Crippen molar-refractivity contribution >= 4 is 57.2 Å². The van der Waals surface area contributed by atoms with E-state index in [1.807, 2.05) is 11.4 Å². The highest BCUT2D eigenvalue weighted by Crippen LogP contribution is 2.30. The Hall–Kier alpha value is -1.59. The minimum atomic E-state index is -0.262. The molecule has 0 saturated carbocycles. The molecule has 0 radical (unpaired) electrons. The number of rotatable bonds is 3. The van der Waals surface area contributed by atoms with Crippen LogP contribution >= 0.6 is 46.1 Å². The Morgan fingerprint density at radius 1 is 1.04 bits per heavy atom.